The van der Waals surface area contributed by atoms with Gasteiger partial charge in [0.1, 0.15) is 6.04 Å². The highest BCUT2D eigenvalue weighted by molar-refractivity contribution is 6.22. The third-order valence-electron chi connectivity index (χ3n) is 5.91. The van der Waals surface area contributed by atoms with E-state index in [0.717, 1.165) is 36.1 Å². The summed E-state index contributed by atoms with van der Waals surface area (Å²) in [5.74, 6) is -1.01. The lowest BCUT2D eigenvalue weighted by atomic mass is 10.0. The smallest absolute Gasteiger partial charge is 0.262 e. The highest BCUT2D eigenvalue weighted by Gasteiger charge is 2.42. The van der Waals surface area contributed by atoms with E-state index in [-0.39, 0.29) is 23.8 Å². The van der Waals surface area contributed by atoms with Gasteiger partial charge in [0.15, 0.2) is 0 Å². The van der Waals surface area contributed by atoms with E-state index in [4.69, 9.17) is 0 Å². The Bertz CT molecular complexity index is 866. The van der Waals surface area contributed by atoms with Crippen molar-refractivity contribution in [3.8, 4) is 0 Å². The van der Waals surface area contributed by atoms with Crippen molar-refractivity contribution in [3.05, 3.63) is 71.3 Å². The second kappa shape index (κ2) is 8.60. The van der Waals surface area contributed by atoms with Crippen molar-refractivity contribution in [1.29, 1.82) is 0 Å². The fourth-order valence-electron chi connectivity index (χ4n) is 4.35. The molecule has 1 fully saturated rings. The number of amides is 3. The molecule has 29 heavy (non-hydrogen) atoms. The van der Waals surface area contributed by atoms with Crippen LogP contribution >= 0.6 is 0 Å². The Kier molecular flexibility index (Phi) is 5.74. The lowest BCUT2D eigenvalue weighted by Gasteiger charge is -2.28. The molecule has 0 spiro atoms. The summed E-state index contributed by atoms with van der Waals surface area (Å²) >= 11 is 0. The van der Waals surface area contributed by atoms with Gasteiger partial charge in [-0.05, 0) is 30.5 Å². The van der Waals surface area contributed by atoms with Gasteiger partial charge in [0.05, 0.1) is 11.1 Å². The standard InChI is InChI=1S/C24H26N2O3/c27-22(25-18-12-6-1-2-7-13-18)21(16-17-10-4-3-5-11-17)26-23(28)19-14-8-9-15-20(19)24(26)29/h3-5,8-11,14-15,18,21H,1-2,6-7,12-13,16H2,(H,25,27). The van der Waals surface area contributed by atoms with Gasteiger partial charge in [-0.2, -0.15) is 0 Å². The van der Waals surface area contributed by atoms with Gasteiger partial charge in [-0.25, -0.2) is 0 Å². The molecule has 2 aliphatic rings. The molecule has 1 unspecified atom stereocenters. The number of nitrogens with one attached hydrogen (secondary N) is 1. The fraction of sp³-hybridized carbons (Fsp3) is 0.375. The summed E-state index contributed by atoms with van der Waals surface area (Å²) in [4.78, 5) is 40.5. The Balaban J connectivity index is 1.61. The van der Waals surface area contributed by atoms with Gasteiger partial charge in [0, 0.05) is 12.5 Å². The minimum Gasteiger partial charge on any atom is -0.352 e. The van der Waals surface area contributed by atoms with E-state index in [2.05, 4.69) is 5.32 Å². The van der Waals surface area contributed by atoms with Gasteiger partial charge in [0.25, 0.3) is 11.8 Å². The molecular formula is C24H26N2O3. The number of rotatable bonds is 5. The Hall–Kier alpha value is -2.95. The minimum absolute atomic E-state index is 0.110. The van der Waals surface area contributed by atoms with E-state index < -0.39 is 6.04 Å². The molecule has 0 radical (unpaired) electrons. The molecular weight excluding hydrogens is 364 g/mol. The van der Waals surface area contributed by atoms with E-state index in [1.165, 1.54) is 12.8 Å². The molecule has 0 saturated heterocycles. The maximum Gasteiger partial charge on any atom is 0.262 e. The number of hydrogen-bond donors (Lipinski definition) is 1. The van der Waals surface area contributed by atoms with Gasteiger partial charge in [-0.1, -0.05) is 68.1 Å². The number of nitrogens with zero attached hydrogens (tertiary/aromatic N) is 1. The predicted molar refractivity (Wildman–Crippen MR) is 111 cm³/mol. The van der Waals surface area contributed by atoms with Crippen LogP contribution in [0.5, 0.6) is 0 Å². The van der Waals surface area contributed by atoms with E-state index in [0.29, 0.717) is 17.5 Å². The minimum atomic E-state index is -0.854. The second-order valence-corrected chi connectivity index (χ2v) is 7.93. The first-order valence-corrected chi connectivity index (χ1v) is 10.5. The van der Waals surface area contributed by atoms with Crippen LogP contribution in [-0.2, 0) is 11.2 Å². The largest absolute Gasteiger partial charge is 0.352 e. The number of fused-ring (bicyclic) bond motifs is 1. The molecule has 5 heteroatoms. The number of carbonyl (C=O) groups excluding carboxylic acids is 3. The number of imide groups is 1. The fourth-order valence-corrected chi connectivity index (χ4v) is 4.35. The molecule has 1 atom stereocenters. The third-order valence-corrected chi connectivity index (χ3v) is 5.91. The SMILES string of the molecule is O=C(NC1CCCCCC1)C(Cc1ccccc1)N1C(=O)c2ccccc2C1=O. The Labute approximate surface area is 171 Å². The summed E-state index contributed by atoms with van der Waals surface area (Å²) in [6.07, 6.45) is 6.79. The molecule has 1 N–H and O–H groups in total. The van der Waals surface area contributed by atoms with Crippen LogP contribution in [0.25, 0.3) is 0 Å². The van der Waals surface area contributed by atoms with Gasteiger partial charge >= 0.3 is 0 Å². The summed E-state index contributed by atoms with van der Waals surface area (Å²) in [7, 11) is 0. The molecule has 150 valence electrons. The lowest BCUT2D eigenvalue weighted by molar-refractivity contribution is -0.125. The van der Waals surface area contributed by atoms with Gasteiger partial charge < -0.3 is 5.32 Å². The van der Waals surface area contributed by atoms with E-state index >= 15 is 0 Å². The zero-order chi connectivity index (χ0) is 20.2. The number of carbonyl (C=O) groups is 3. The zero-order valence-electron chi connectivity index (χ0n) is 16.5. The van der Waals surface area contributed by atoms with Crippen molar-refractivity contribution >= 4 is 17.7 Å². The van der Waals surface area contributed by atoms with E-state index in [9.17, 15) is 14.4 Å². The molecule has 3 amide bonds. The van der Waals surface area contributed by atoms with E-state index in [1.807, 2.05) is 30.3 Å². The number of hydrogen-bond acceptors (Lipinski definition) is 3. The molecule has 0 aromatic heterocycles. The van der Waals surface area contributed by atoms with Gasteiger partial charge in [-0.3, -0.25) is 19.3 Å². The molecule has 5 nitrogen and oxygen atoms in total. The lowest BCUT2D eigenvalue weighted by Crippen LogP contribution is -2.52. The summed E-state index contributed by atoms with van der Waals surface area (Å²) in [5, 5.41) is 3.14. The van der Waals surface area contributed by atoms with Crippen LogP contribution in [0.3, 0.4) is 0 Å². The maximum atomic E-state index is 13.3. The van der Waals surface area contributed by atoms with Crippen LogP contribution in [-0.4, -0.2) is 34.7 Å². The molecule has 2 aromatic rings. The van der Waals surface area contributed by atoms with Crippen molar-refractivity contribution in [3.63, 3.8) is 0 Å². The second-order valence-electron chi connectivity index (χ2n) is 7.93. The highest BCUT2D eigenvalue weighted by Crippen LogP contribution is 2.26. The summed E-state index contributed by atoms with van der Waals surface area (Å²) in [6.45, 7) is 0. The van der Waals surface area contributed by atoms with Crippen LogP contribution in [0.15, 0.2) is 54.6 Å². The highest BCUT2D eigenvalue weighted by atomic mass is 16.2. The molecule has 4 rings (SSSR count). The summed E-state index contributed by atoms with van der Waals surface area (Å²) in [5.41, 5.74) is 1.67. The third kappa shape index (κ3) is 4.09. The van der Waals surface area contributed by atoms with Crippen molar-refractivity contribution < 1.29 is 14.4 Å². The molecule has 1 aliphatic heterocycles. The first kappa shape index (κ1) is 19.4. The van der Waals surface area contributed by atoms with Crippen LogP contribution in [0.2, 0.25) is 0 Å². The average Bonchev–Trinajstić information content (AvgIpc) is 2.91. The monoisotopic (exact) mass is 390 g/mol. The van der Waals surface area contributed by atoms with Crippen molar-refractivity contribution in [2.75, 3.05) is 0 Å². The quantitative estimate of drug-likeness (QED) is 0.625. The molecule has 1 heterocycles. The zero-order valence-corrected chi connectivity index (χ0v) is 16.5. The van der Waals surface area contributed by atoms with Crippen molar-refractivity contribution in [2.45, 2.75) is 57.0 Å². The Morgan fingerprint density at radius 3 is 2.00 bits per heavy atom. The molecule has 2 aromatic carbocycles. The normalized spacial score (nSPS) is 18.3. The predicted octanol–water partition coefficient (Wildman–Crippen LogP) is 3.73. The van der Waals surface area contributed by atoms with Crippen LogP contribution in [0, 0.1) is 0 Å². The first-order chi connectivity index (χ1) is 14.1. The van der Waals surface area contributed by atoms with Crippen LogP contribution in [0.4, 0.5) is 0 Å². The molecule has 0 bridgehead atoms. The first-order valence-electron chi connectivity index (χ1n) is 10.5. The van der Waals surface area contributed by atoms with Crippen molar-refractivity contribution in [1.82, 2.24) is 10.2 Å². The van der Waals surface area contributed by atoms with Crippen LogP contribution < -0.4 is 5.32 Å². The average molecular weight is 390 g/mol. The van der Waals surface area contributed by atoms with Gasteiger partial charge in [0.2, 0.25) is 5.91 Å². The molecule has 1 aliphatic carbocycles. The van der Waals surface area contributed by atoms with Gasteiger partial charge in [-0.15, -0.1) is 0 Å². The van der Waals surface area contributed by atoms with E-state index in [1.54, 1.807) is 24.3 Å². The Morgan fingerprint density at radius 1 is 0.862 bits per heavy atom. The number of benzene rings is 2. The summed E-state index contributed by atoms with van der Waals surface area (Å²) < 4.78 is 0. The van der Waals surface area contributed by atoms with Crippen molar-refractivity contribution in [2.24, 2.45) is 0 Å². The topological polar surface area (TPSA) is 66.5 Å². The maximum absolute atomic E-state index is 13.3. The van der Waals surface area contributed by atoms with Crippen LogP contribution in [0.1, 0.15) is 64.8 Å². The summed E-state index contributed by atoms with van der Waals surface area (Å²) in [6, 6.07) is 15.6. The Morgan fingerprint density at radius 2 is 1.41 bits per heavy atom. The molecule has 1 saturated carbocycles.